The summed E-state index contributed by atoms with van der Waals surface area (Å²) >= 11 is 0. The van der Waals surface area contributed by atoms with E-state index in [0.29, 0.717) is 25.8 Å². The van der Waals surface area contributed by atoms with E-state index in [2.05, 4.69) is 37.1 Å². The summed E-state index contributed by atoms with van der Waals surface area (Å²) in [5.74, 6) is 3.68. The van der Waals surface area contributed by atoms with Crippen molar-refractivity contribution < 1.29 is 4.79 Å². The number of amides is 1. The Morgan fingerprint density at radius 1 is 1.32 bits per heavy atom. The van der Waals surface area contributed by atoms with Crippen LogP contribution in [0.1, 0.15) is 37.9 Å². The van der Waals surface area contributed by atoms with Gasteiger partial charge in [-0.15, -0.1) is 12.3 Å². The molecule has 1 aliphatic heterocycles. The van der Waals surface area contributed by atoms with Gasteiger partial charge in [0.2, 0.25) is 5.91 Å². The molecule has 0 bridgehead atoms. The number of terminal acetylenes is 1. The number of hydrogen-bond acceptors (Lipinski definition) is 4. The van der Waals surface area contributed by atoms with Crippen molar-refractivity contribution in [2.24, 2.45) is 17.3 Å². The molecule has 130 valence electrons. The Morgan fingerprint density at radius 3 is 2.84 bits per heavy atom. The van der Waals surface area contributed by atoms with Crippen LogP contribution in [0.3, 0.4) is 0 Å². The van der Waals surface area contributed by atoms with Gasteiger partial charge in [0.25, 0.3) is 0 Å². The molecule has 0 aliphatic carbocycles. The Balaban J connectivity index is 1.37. The molecule has 6 heteroatoms. The van der Waals surface area contributed by atoms with E-state index < -0.39 is 0 Å². The number of imidazole rings is 1. The van der Waals surface area contributed by atoms with Crippen molar-refractivity contribution in [3.8, 4) is 12.3 Å². The van der Waals surface area contributed by atoms with Crippen LogP contribution in [0.5, 0.6) is 0 Å². The fourth-order valence-electron chi connectivity index (χ4n) is 2.96. The van der Waals surface area contributed by atoms with Gasteiger partial charge in [-0.1, -0.05) is 12.1 Å². The molecule has 1 aromatic heterocycles. The molecule has 0 saturated heterocycles. The summed E-state index contributed by atoms with van der Waals surface area (Å²) in [7, 11) is 2.03. The van der Waals surface area contributed by atoms with Crippen molar-refractivity contribution >= 4 is 16.9 Å². The predicted molar refractivity (Wildman–Crippen MR) is 96.9 cm³/mol. The van der Waals surface area contributed by atoms with E-state index in [0.717, 1.165) is 36.1 Å². The average Bonchev–Trinajstić information content (AvgIpc) is 3.34. The molecule has 3 rings (SSSR count). The van der Waals surface area contributed by atoms with Crippen molar-refractivity contribution in [2.75, 3.05) is 6.54 Å². The van der Waals surface area contributed by atoms with E-state index in [9.17, 15) is 4.79 Å². The Morgan fingerprint density at radius 2 is 2.12 bits per heavy atom. The van der Waals surface area contributed by atoms with E-state index in [-0.39, 0.29) is 11.6 Å². The lowest BCUT2D eigenvalue weighted by Crippen LogP contribution is -2.26. The molecule has 0 fully saturated rings. The molecule has 2 aromatic rings. The topological polar surface area (TPSA) is 71.6 Å². The van der Waals surface area contributed by atoms with Gasteiger partial charge in [0, 0.05) is 45.7 Å². The van der Waals surface area contributed by atoms with Gasteiger partial charge in [-0.25, -0.2) is 4.98 Å². The molecule has 0 saturated carbocycles. The number of para-hydroxylation sites is 2. The van der Waals surface area contributed by atoms with Crippen molar-refractivity contribution in [3.63, 3.8) is 0 Å². The average molecular weight is 337 g/mol. The van der Waals surface area contributed by atoms with Gasteiger partial charge < -0.3 is 9.88 Å². The second-order valence-corrected chi connectivity index (χ2v) is 6.42. The number of fused-ring (bicyclic) bond motifs is 1. The Bertz CT molecular complexity index is 824. The maximum absolute atomic E-state index is 12.0. The van der Waals surface area contributed by atoms with Crippen molar-refractivity contribution in [1.29, 1.82) is 0 Å². The summed E-state index contributed by atoms with van der Waals surface area (Å²) < 4.78 is 2.11. The molecular formula is C19H23N5O. The lowest BCUT2D eigenvalue weighted by atomic mass is 10.0. The second kappa shape index (κ2) is 7.47. The number of nitrogens with one attached hydrogen (secondary N) is 1. The number of hydrogen-bond donors (Lipinski definition) is 1. The minimum atomic E-state index is -0.378. The van der Waals surface area contributed by atoms with Crippen molar-refractivity contribution in [2.45, 2.75) is 44.2 Å². The lowest BCUT2D eigenvalue weighted by Gasteiger charge is -2.09. The first-order chi connectivity index (χ1) is 12.1. The zero-order valence-corrected chi connectivity index (χ0v) is 14.5. The summed E-state index contributed by atoms with van der Waals surface area (Å²) in [6, 6.07) is 8.10. The minimum Gasteiger partial charge on any atom is -0.356 e. The second-order valence-electron chi connectivity index (χ2n) is 6.42. The third-order valence-corrected chi connectivity index (χ3v) is 4.58. The smallest absolute Gasteiger partial charge is 0.220 e. The van der Waals surface area contributed by atoms with E-state index in [1.807, 2.05) is 25.2 Å². The van der Waals surface area contributed by atoms with E-state index in [1.165, 1.54) is 0 Å². The molecule has 25 heavy (non-hydrogen) atoms. The lowest BCUT2D eigenvalue weighted by molar-refractivity contribution is -0.121. The van der Waals surface area contributed by atoms with Crippen LogP contribution in [-0.2, 0) is 18.3 Å². The van der Waals surface area contributed by atoms with Crippen LogP contribution in [0.25, 0.3) is 11.0 Å². The highest BCUT2D eigenvalue weighted by Gasteiger charge is 2.39. The predicted octanol–water partition coefficient (Wildman–Crippen LogP) is 2.98. The Kier molecular flexibility index (Phi) is 5.13. The number of aromatic nitrogens is 2. The number of benzene rings is 1. The molecule has 0 unspecified atom stereocenters. The molecule has 1 amide bonds. The van der Waals surface area contributed by atoms with E-state index in [4.69, 9.17) is 6.42 Å². The summed E-state index contributed by atoms with van der Waals surface area (Å²) in [5.41, 5.74) is 1.77. The number of aryl methyl sites for hydroxylation is 2. The first kappa shape index (κ1) is 17.2. The van der Waals surface area contributed by atoms with Gasteiger partial charge in [0.15, 0.2) is 5.66 Å². The van der Waals surface area contributed by atoms with Gasteiger partial charge in [-0.2, -0.15) is 10.2 Å². The highest BCUT2D eigenvalue weighted by atomic mass is 16.1. The van der Waals surface area contributed by atoms with Crippen LogP contribution in [0.2, 0.25) is 0 Å². The fourth-order valence-corrected chi connectivity index (χ4v) is 2.96. The Labute approximate surface area is 147 Å². The summed E-state index contributed by atoms with van der Waals surface area (Å²) in [6.45, 7) is 0.647. The molecule has 1 aliphatic rings. The van der Waals surface area contributed by atoms with Crippen LogP contribution in [0.4, 0.5) is 0 Å². The van der Waals surface area contributed by atoms with Crippen LogP contribution < -0.4 is 5.32 Å². The molecular weight excluding hydrogens is 314 g/mol. The fraction of sp³-hybridized carbons (Fsp3) is 0.474. The highest BCUT2D eigenvalue weighted by molar-refractivity contribution is 5.76. The van der Waals surface area contributed by atoms with Gasteiger partial charge >= 0.3 is 0 Å². The van der Waals surface area contributed by atoms with Gasteiger partial charge in [0.1, 0.15) is 5.82 Å². The maximum atomic E-state index is 12.0. The zero-order valence-electron chi connectivity index (χ0n) is 14.5. The monoisotopic (exact) mass is 337 g/mol. The molecule has 1 aromatic carbocycles. The number of rotatable bonds is 9. The quantitative estimate of drug-likeness (QED) is 0.564. The third kappa shape index (κ3) is 4.24. The molecule has 1 N–H and O–H groups in total. The zero-order chi connectivity index (χ0) is 17.7. The molecule has 0 spiro atoms. The normalized spacial score (nSPS) is 14.4. The number of nitrogens with zero attached hydrogens (tertiary/aromatic N) is 4. The van der Waals surface area contributed by atoms with Crippen molar-refractivity contribution in [3.05, 3.63) is 30.1 Å². The summed E-state index contributed by atoms with van der Waals surface area (Å²) in [5, 5.41) is 11.1. The van der Waals surface area contributed by atoms with Crippen LogP contribution in [0, 0.1) is 12.3 Å². The molecule has 0 radical (unpaired) electrons. The van der Waals surface area contributed by atoms with Crippen LogP contribution in [-0.4, -0.2) is 27.7 Å². The van der Waals surface area contributed by atoms with Crippen LogP contribution >= 0.6 is 0 Å². The molecule has 2 heterocycles. The maximum Gasteiger partial charge on any atom is 0.220 e. The van der Waals surface area contributed by atoms with E-state index >= 15 is 0 Å². The van der Waals surface area contributed by atoms with Gasteiger partial charge in [-0.05, 0) is 18.6 Å². The summed E-state index contributed by atoms with van der Waals surface area (Å²) in [4.78, 5) is 16.6. The minimum absolute atomic E-state index is 0.0439. The third-order valence-electron chi connectivity index (χ3n) is 4.58. The standard InChI is InChI=1S/C19H23N5O/c1-3-4-12-19(22-23-19)13-11-18(25)20-14-7-10-17-21-15-8-5-6-9-16(15)24(17)2/h1,5-6,8-9H,4,7,10-14H2,2H3,(H,20,25). The first-order valence-electron chi connectivity index (χ1n) is 8.68. The van der Waals surface area contributed by atoms with Crippen molar-refractivity contribution in [1.82, 2.24) is 14.9 Å². The first-order valence-corrected chi connectivity index (χ1v) is 8.68. The largest absolute Gasteiger partial charge is 0.356 e. The number of carbonyl (C=O) groups excluding carboxylic acids is 1. The SMILES string of the molecule is C#CCCC1(CCC(=O)NCCCc2nc3ccccc3n2C)N=N1. The Hall–Kier alpha value is -2.68. The number of carbonyl (C=O) groups is 1. The van der Waals surface area contributed by atoms with E-state index in [1.54, 1.807) is 0 Å². The molecule has 0 atom stereocenters. The summed E-state index contributed by atoms with van der Waals surface area (Å²) in [6.07, 6.45) is 9.42. The van der Waals surface area contributed by atoms with Gasteiger partial charge in [-0.3, -0.25) is 4.79 Å². The van der Waals surface area contributed by atoms with Crippen LogP contribution in [0.15, 0.2) is 34.5 Å². The molecule has 6 nitrogen and oxygen atoms in total. The highest BCUT2D eigenvalue weighted by Crippen LogP contribution is 2.37. The van der Waals surface area contributed by atoms with Gasteiger partial charge in [0.05, 0.1) is 11.0 Å².